The summed E-state index contributed by atoms with van der Waals surface area (Å²) in [4.78, 5) is 4.46. The van der Waals surface area contributed by atoms with Crippen molar-refractivity contribution in [1.82, 2.24) is 0 Å². The molecule has 2 aromatic carbocycles. The molecule has 0 N–H and O–H groups in total. The van der Waals surface area contributed by atoms with Gasteiger partial charge in [-0.1, -0.05) is 29.8 Å². The summed E-state index contributed by atoms with van der Waals surface area (Å²) in [6.45, 7) is 3.92. The van der Waals surface area contributed by atoms with E-state index in [0.29, 0.717) is 0 Å². The minimum atomic E-state index is -0.235. The lowest BCUT2D eigenvalue weighted by atomic mass is 10.1. The number of benzene rings is 2. The standard InChI is InChI=1S/C15H14FN/c1-11-6-8-15(9-7-11)17-12(2)13-4-3-5-14(16)10-13/h3-10H,1-2H3. The maximum absolute atomic E-state index is 13.1. The molecule has 0 aliphatic carbocycles. The fourth-order valence-electron chi connectivity index (χ4n) is 1.59. The average molecular weight is 227 g/mol. The van der Waals surface area contributed by atoms with Gasteiger partial charge < -0.3 is 0 Å². The van der Waals surface area contributed by atoms with Crippen LogP contribution in [0.2, 0.25) is 0 Å². The lowest BCUT2D eigenvalue weighted by Crippen LogP contribution is -1.94. The van der Waals surface area contributed by atoms with Gasteiger partial charge in [-0.2, -0.15) is 0 Å². The third-order valence-electron chi connectivity index (χ3n) is 2.57. The highest BCUT2D eigenvalue weighted by atomic mass is 19.1. The molecule has 0 aliphatic rings. The van der Waals surface area contributed by atoms with Gasteiger partial charge in [0.15, 0.2) is 0 Å². The minimum absolute atomic E-state index is 0.235. The van der Waals surface area contributed by atoms with E-state index < -0.39 is 0 Å². The summed E-state index contributed by atoms with van der Waals surface area (Å²) in [5.41, 5.74) is 3.71. The maximum Gasteiger partial charge on any atom is 0.123 e. The molecule has 0 unspecified atom stereocenters. The molecule has 0 heterocycles. The molecule has 0 bridgehead atoms. The van der Waals surface area contributed by atoms with E-state index in [1.165, 1.54) is 17.7 Å². The van der Waals surface area contributed by atoms with Crippen molar-refractivity contribution < 1.29 is 4.39 Å². The van der Waals surface area contributed by atoms with Gasteiger partial charge in [0.1, 0.15) is 5.82 Å². The second-order valence-corrected chi connectivity index (χ2v) is 4.04. The van der Waals surface area contributed by atoms with Crippen molar-refractivity contribution in [2.75, 3.05) is 0 Å². The van der Waals surface area contributed by atoms with Gasteiger partial charge in [-0.25, -0.2) is 4.39 Å². The molecule has 2 rings (SSSR count). The van der Waals surface area contributed by atoms with Gasteiger partial charge in [0.05, 0.1) is 5.69 Å². The molecule has 0 saturated carbocycles. The van der Waals surface area contributed by atoms with Crippen LogP contribution in [0.5, 0.6) is 0 Å². The van der Waals surface area contributed by atoms with Gasteiger partial charge in [0, 0.05) is 5.71 Å². The number of rotatable bonds is 2. The van der Waals surface area contributed by atoms with Crippen LogP contribution in [-0.4, -0.2) is 5.71 Å². The second kappa shape index (κ2) is 4.91. The van der Waals surface area contributed by atoms with Crippen LogP contribution < -0.4 is 0 Å². The summed E-state index contributed by atoms with van der Waals surface area (Å²) in [5.74, 6) is -0.235. The first-order valence-electron chi connectivity index (χ1n) is 5.53. The minimum Gasteiger partial charge on any atom is -0.253 e. The Kier molecular flexibility index (Phi) is 3.33. The highest BCUT2D eigenvalue weighted by Gasteiger charge is 1.99. The van der Waals surface area contributed by atoms with E-state index in [1.807, 2.05) is 44.2 Å². The Morgan fingerprint density at radius 1 is 1.06 bits per heavy atom. The highest BCUT2D eigenvalue weighted by Crippen LogP contribution is 2.15. The summed E-state index contributed by atoms with van der Waals surface area (Å²) >= 11 is 0. The van der Waals surface area contributed by atoms with E-state index in [2.05, 4.69) is 4.99 Å². The van der Waals surface area contributed by atoms with Crippen LogP contribution in [0.15, 0.2) is 53.5 Å². The zero-order valence-electron chi connectivity index (χ0n) is 9.94. The van der Waals surface area contributed by atoms with Crippen molar-refractivity contribution in [1.29, 1.82) is 0 Å². The molecule has 2 aromatic rings. The van der Waals surface area contributed by atoms with Crippen molar-refractivity contribution in [3.05, 3.63) is 65.5 Å². The Bertz CT molecular complexity index is 541. The van der Waals surface area contributed by atoms with Crippen molar-refractivity contribution >= 4 is 11.4 Å². The molecule has 0 aromatic heterocycles. The summed E-state index contributed by atoms with van der Waals surface area (Å²) in [5, 5.41) is 0. The number of hydrogen-bond donors (Lipinski definition) is 0. The van der Waals surface area contributed by atoms with Crippen molar-refractivity contribution in [2.45, 2.75) is 13.8 Å². The number of nitrogens with zero attached hydrogens (tertiary/aromatic N) is 1. The monoisotopic (exact) mass is 227 g/mol. The molecule has 17 heavy (non-hydrogen) atoms. The second-order valence-electron chi connectivity index (χ2n) is 4.04. The normalized spacial score (nSPS) is 11.6. The summed E-state index contributed by atoms with van der Waals surface area (Å²) in [6, 6.07) is 14.4. The van der Waals surface area contributed by atoms with E-state index in [-0.39, 0.29) is 5.82 Å². The Morgan fingerprint density at radius 2 is 1.76 bits per heavy atom. The van der Waals surface area contributed by atoms with Crippen molar-refractivity contribution in [3.63, 3.8) is 0 Å². The number of hydrogen-bond acceptors (Lipinski definition) is 1. The molecular formula is C15H14FN. The molecule has 0 radical (unpaired) electrons. The predicted octanol–water partition coefficient (Wildman–Crippen LogP) is 4.27. The number of aryl methyl sites for hydroxylation is 1. The molecule has 0 aliphatic heterocycles. The van der Waals surface area contributed by atoms with Crippen LogP contribution in [0.1, 0.15) is 18.1 Å². The van der Waals surface area contributed by atoms with Gasteiger partial charge in [0.25, 0.3) is 0 Å². The first kappa shape index (κ1) is 11.5. The fourth-order valence-corrected chi connectivity index (χ4v) is 1.59. The van der Waals surface area contributed by atoms with E-state index in [9.17, 15) is 4.39 Å². The summed E-state index contributed by atoms with van der Waals surface area (Å²) in [7, 11) is 0. The largest absolute Gasteiger partial charge is 0.253 e. The van der Waals surface area contributed by atoms with Gasteiger partial charge in [-0.15, -0.1) is 0 Å². The van der Waals surface area contributed by atoms with Gasteiger partial charge in [-0.05, 0) is 43.7 Å². The predicted molar refractivity (Wildman–Crippen MR) is 69.5 cm³/mol. The van der Waals surface area contributed by atoms with E-state index in [1.54, 1.807) is 6.07 Å². The first-order chi connectivity index (χ1) is 8.15. The molecule has 0 spiro atoms. The molecule has 1 nitrogen and oxygen atoms in total. The third-order valence-corrected chi connectivity index (χ3v) is 2.57. The molecule has 0 atom stereocenters. The molecular weight excluding hydrogens is 213 g/mol. The molecule has 2 heteroatoms. The zero-order valence-corrected chi connectivity index (χ0v) is 9.94. The smallest absolute Gasteiger partial charge is 0.123 e. The van der Waals surface area contributed by atoms with Crippen molar-refractivity contribution in [3.8, 4) is 0 Å². The van der Waals surface area contributed by atoms with Crippen LogP contribution in [0.25, 0.3) is 0 Å². The van der Waals surface area contributed by atoms with Gasteiger partial charge >= 0.3 is 0 Å². The lowest BCUT2D eigenvalue weighted by molar-refractivity contribution is 0.627. The Morgan fingerprint density at radius 3 is 2.41 bits per heavy atom. The first-order valence-corrected chi connectivity index (χ1v) is 5.53. The molecule has 86 valence electrons. The van der Waals surface area contributed by atoms with Crippen LogP contribution >= 0.6 is 0 Å². The number of aliphatic imine (C=N–C) groups is 1. The molecule has 0 amide bonds. The zero-order chi connectivity index (χ0) is 12.3. The van der Waals surface area contributed by atoms with Gasteiger partial charge in [0.2, 0.25) is 0 Å². The average Bonchev–Trinajstić information content (AvgIpc) is 2.32. The van der Waals surface area contributed by atoms with E-state index in [0.717, 1.165) is 17.0 Å². The van der Waals surface area contributed by atoms with Crippen LogP contribution in [-0.2, 0) is 0 Å². The molecule has 0 fully saturated rings. The lowest BCUT2D eigenvalue weighted by Gasteiger charge is -2.01. The summed E-state index contributed by atoms with van der Waals surface area (Å²) in [6.07, 6.45) is 0. The third kappa shape index (κ3) is 3.00. The van der Waals surface area contributed by atoms with Crippen molar-refractivity contribution in [2.24, 2.45) is 4.99 Å². The van der Waals surface area contributed by atoms with Crippen LogP contribution in [0.4, 0.5) is 10.1 Å². The number of halogens is 1. The maximum atomic E-state index is 13.1. The van der Waals surface area contributed by atoms with E-state index in [4.69, 9.17) is 0 Å². The molecule has 0 saturated heterocycles. The Balaban J connectivity index is 2.30. The topological polar surface area (TPSA) is 12.4 Å². The van der Waals surface area contributed by atoms with Crippen LogP contribution in [0.3, 0.4) is 0 Å². The highest BCUT2D eigenvalue weighted by molar-refractivity contribution is 6.00. The Labute approximate surface area is 101 Å². The van der Waals surface area contributed by atoms with Gasteiger partial charge in [-0.3, -0.25) is 4.99 Å². The quantitative estimate of drug-likeness (QED) is 0.679. The SMILES string of the molecule is CC(=Nc1ccc(C)cc1)c1cccc(F)c1. The Hall–Kier alpha value is -1.96. The van der Waals surface area contributed by atoms with E-state index >= 15 is 0 Å². The van der Waals surface area contributed by atoms with Crippen LogP contribution in [0, 0.1) is 12.7 Å². The fraction of sp³-hybridized carbons (Fsp3) is 0.133. The summed E-state index contributed by atoms with van der Waals surface area (Å²) < 4.78 is 13.1.